The fraction of sp³-hybridized carbons (Fsp3) is 0.214. The number of amides is 1. The zero-order chi connectivity index (χ0) is 12.6. The average Bonchev–Trinajstić information content (AvgIpc) is 2.91. The zero-order valence-electron chi connectivity index (χ0n) is 10.1. The minimum atomic E-state index is 0.0235. The molecule has 0 aliphatic heterocycles. The first-order valence-electron chi connectivity index (χ1n) is 5.97. The summed E-state index contributed by atoms with van der Waals surface area (Å²) in [4.78, 5) is 12.9. The molecule has 0 fully saturated rings. The van der Waals surface area contributed by atoms with Crippen LogP contribution in [0.15, 0.2) is 47.8 Å². The molecule has 2 N–H and O–H groups in total. The van der Waals surface area contributed by atoms with Crippen molar-refractivity contribution in [2.75, 3.05) is 5.43 Å². The molecule has 0 unspecified atom stereocenters. The van der Waals surface area contributed by atoms with E-state index >= 15 is 0 Å². The molecule has 18 heavy (non-hydrogen) atoms. The molecule has 0 atom stereocenters. The molecular formula is C14H16N2OS. The molecule has 3 nitrogen and oxygen atoms in total. The van der Waals surface area contributed by atoms with Gasteiger partial charge in [-0.25, -0.2) is 0 Å². The number of aryl methyl sites for hydroxylation is 1. The highest BCUT2D eigenvalue weighted by Gasteiger charge is 2.01. The van der Waals surface area contributed by atoms with Crippen molar-refractivity contribution >= 4 is 22.9 Å². The molecule has 0 aliphatic carbocycles. The Kier molecular flexibility index (Phi) is 4.78. The summed E-state index contributed by atoms with van der Waals surface area (Å²) >= 11 is 1.74. The predicted molar refractivity (Wildman–Crippen MR) is 75.5 cm³/mol. The van der Waals surface area contributed by atoms with Gasteiger partial charge in [0, 0.05) is 11.3 Å². The molecule has 1 aromatic heterocycles. The molecule has 4 heteroatoms. The number of anilines is 1. The maximum atomic E-state index is 11.6. The van der Waals surface area contributed by atoms with Gasteiger partial charge in [-0.3, -0.25) is 15.6 Å². The maximum Gasteiger partial charge on any atom is 0.238 e. The monoisotopic (exact) mass is 260 g/mol. The molecule has 2 aromatic rings. The number of rotatable bonds is 6. The van der Waals surface area contributed by atoms with Gasteiger partial charge in [-0.05, 0) is 36.4 Å². The Bertz CT molecular complexity index is 468. The third kappa shape index (κ3) is 4.22. The Morgan fingerprint density at radius 2 is 1.94 bits per heavy atom. The van der Waals surface area contributed by atoms with E-state index in [1.54, 1.807) is 11.3 Å². The summed E-state index contributed by atoms with van der Waals surface area (Å²) < 4.78 is 0. The van der Waals surface area contributed by atoms with Gasteiger partial charge in [-0.1, -0.05) is 24.3 Å². The van der Waals surface area contributed by atoms with Gasteiger partial charge in [-0.2, -0.15) is 0 Å². The number of benzene rings is 1. The van der Waals surface area contributed by atoms with E-state index in [-0.39, 0.29) is 5.91 Å². The van der Waals surface area contributed by atoms with Gasteiger partial charge >= 0.3 is 0 Å². The van der Waals surface area contributed by atoms with Crippen molar-refractivity contribution in [3.05, 3.63) is 52.7 Å². The second-order valence-electron chi connectivity index (χ2n) is 3.97. The first-order chi connectivity index (χ1) is 8.84. The van der Waals surface area contributed by atoms with Crippen LogP contribution in [0.25, 0.3) is 0 Å². The molecule has 0 saturated heterocycles. The number of para-hydroxylation sites is 1. The Hall–Kier alpha value is -1.81. The summed E-state index contributed by atoms with van der Waals surface area (Å²) in [6.07, 6.45) is 2.39. The van der Waals surface area contributed by atoms with Crippen molar-refractivity contribution in [3.8, 4) is 0 Å². The van der Waals surface area contributed by atoms with Crippen molar-refractivity contribution in [2.45, 2.75) is 19.3 Å². The average molecular weight is 260 g/mol. The van der Waals surface area contributed by atoms with Crippen molar-refractivity contribution in [1.29, 1.82) is 0 Å². The SMILES string of the molecule is O=C(CCCc1cccs1)NNc1ccccc1. The van der Waals surface area contributed by atoms with Crippen LogP contribution in [0.5, 0.6) is 0 Å². The van der Waals surface area contributed by atoms with Crippen LogP contribution in [0.3, 0.4) is 0 Å². The highest BCUT2D eigenvalue weighted by molar-refractivity contribution is 7.09. The molecule has 0 saturated carbocycles. The zero-order valence-corrected chi connectivity index (χ0v) is 10.9. The molecule has 0 radical (unpaired) electrons. The quantitative estimate of drug-likeness (QED) is 0.783. The normalized spacial score (nSPS) is 10.0. The first-order valence-corrected chi connectivity index (χ1v) is 6.85. The van der Waals surface area contributed by atoms with Crippen LogP contribution in [0, 0.1) is 0 Å². The molecule has 0 aliphatic rings. The second kappa shape index (κ2) is 6.81. The predicted octanol–water partition coefficient (Wildman–Crippen LogP) is 3.21. The number of hydrazine groups is 1. The minimum absolute atomic E-state index is 0.0235. The standard InChI is InChI=1S/C14H16N2OS/c17-14(10-4-8-13-9-5-11-18-13)16-15-12-6-2-1-3-7-12/h1-3,5-7,9,11,15H,4,8,10H2,(H,16,17). The highest BCUT2D eigenvalue weighted by Crippen LogP contribution is 2.11. The van der Waals surface area contributed by atoms with Crippen molar-refractivity contribution < 1.29 is 4.79 Å². The molecule has 1 aromatic carbocycles. The fourth-order valence-corrected chi connectivity index (χ4v) is 2.36. The molecule has 2 rings (SSSR count). The van der Waals surface area contributed by atoms with E-state index < -0.39 is 0 Å². The summed E-state index contributed by atoms with van der Waals surface area (Å²) in [5.74, 6) is 0.0235. The topological polar surface area (TPSA) is 41.1 Å². The summed E-state index contributed by atoms with van der Waals surface area (Å²) in [5.41, 5.74) is 6.48. The Balaban J connectivity index is 1.63. The molecular weight excluding hydrogens is 244 g/mol. The van der Waals surface area contributed by atoms with Gasteiger partial charge in [0.25, 0.3) is 0 Å². The van der Waals surface area contributed by atoms with Crippen LogP contribution in [0.2, 0.25) is 0 Å². The summed E-state index contributed by atoms with van der Waals surface area (Å²) in [7, 11) is 0. The van der Waals surface area contributed by atoms with Crippen LogP contribution >= 0.6 is 11.3 Å². The van der Waals surface area contributed by atoms with Gasteiger partial charge in [0.15, 0.2) is 0 Å². The highest BCUT2D eigenvalue weighted by atomic mass is 32.1. The van der Waals surface area contributed by atoms with E-state index in [1.807, 2.05) is 36.4 Å². The fourth-order valence-electron chi connectivity index (χ4n) is 1.60. The molecule has 0 bridgehead atoms. The van der Waals surface area contributed by atoms with Crippen LogP contribution in [0.1, 0.15) is 17.7 Å². The first kappa shape index (κ1) is 12.6. The van der Waals surface area contributed by atoms with Gasteiger partial charge in [0.2, 0.25) is 5.91 Å². The third-order valence-corrected chi connectivity index (χ3v) is 3.46. The lowest BCUT2D eigenvalue weighted by atomic mass is 10.2. The van der Waals surface area contributed by atoms with Gasteiger partial charge in [0.1, 0.15) is 0 Å². The van der Waals surface area contributed by atoms with Gasteiger partial charge in [-0.15, -0.1) is 11.3 Å². The second-order valence-corrected chi connectivity index (χ2v) is 5.00. The third-order valence-electron chi connectivity index (χ3n) is 2.53. The lowest BCUT2D eigenvalue weighted by molar-refractivity contribution is -0.120. The van der Waals surface area contributed by atoms with Gasteiger partial charge < -0.3 is 0 Å². The van der Waals surface area contributed by atoms with E-state index in [0.717, 1.165) is 18.5 Å². The van der Waals surface area contributed by atoms with E-state index in [2.05, 4.69) is 22.3 Å². The number of nitrogens with one attached hydrogen (secondary N) is 2. The summed E-state index contributed by atoms with van der Waals surface area (Å²) in [6, 6.07) is 13.7. The van der Waals surface area contributed by atoms with E-state index in [9.17, 15) is 4.79 Å². The smallest absolute Gasteiger partial charge is 0.238 e. The van der Waals surface area contributed by atoms with Crippen LogP contribution in [-0.2, 0) is 11.2 Å². The number of hydrogen-bond donors (Lipinski definition) is 2. The van der Waals surface area contributed by atoms with E-state index in [4.69, 9.17) is 0 Å². The maximum absolute atomic E-state index is 11.6. The van der Waals surface area contributed by atoms with Crippen LogP contribution in [-0.4, -0.2) is 5.91 Å². The molecule has 1 amide bonds. The Morgan fingerprint density at radius 1 is 1.11 bits per heavy atom. The molecule has 94 valence electrons. The number of carbonyl (C=O) groups excluding carboxylic acids is 1. The summed E-state index contributed by atoms with van der Waals surface area (Å²) in [5, 5.41) is 2.06. The van der Waals surface area contributed by atoms with Gasteiger partial charge in [0.05, 0.1) is 5.69 Å². The lowest BCUT2D eigenvalue weighted by Crippen LogP contribution is -2.29. The van der Waals surface area contributed by atoms with Crippen LogP contribution < -0.4 is 10.9 Å². The molecule has 1 heterocycles. The number of thiophene rings is 1. The lowest BCUT2D eigenvalue weighted by Gasteiger charge is -2.07. The summed E-state index contributed by atoms with van der Waals surface area (Å²) in [6.45, 7) is 0. The number of carbonyl (C=O) groups is 1. The minimum Gasteiger partial charge on any atom is -0.299 e. The van der Waals surface area contributed by atoms with E-state index in [0.29, 0.717) is 6.42 Å². The Labute approximate surface area is 111 Å². The van der Waals surface area contributed by atoms with Crippen LogP contribution in [0.4, 0.5) is 5.69 Å². The van der Waals surface area contributed by atoms with E-state index in [1.165, 1.54) is 4.88 Å². The number of hydrogen-bond acceptors (Lipinski definition) is 3. The van der Waals surface area contributed by atoms with Crippen molar-refractivity contribution in [1.82, 2.24) is 5.43 Å². The van der Waals surface area contributed by atoms with Crippen molar-refractivity contribution in [3.63, 3.8) is 0 Å². The largest absolute Gasteiger partial charge is 0.299 e. The van der Waals surface area contributed by atoms with Crippen molar-refractivity contribution in [2.24, 2.45) is 0 Å². The molecule has 0 spiro atoms. The Morgan fingerprint density at radius 3 is 2.67 bits per heavy atom.